The van der Waals surface area contributed by atoms with Gasteiger partial charge in [0.15, 0.2) is 0 Å². The number of carbonyl (C=O) groups is 1. The summed E-state index contributed by atoms with van der Waals surface area (Å²) in [6.45, 7) is 0.619. The third-order valence-electron chi connectivity index (χ3n) is 2.42. The largest absolute Gasteiger partial charge is 0.493 e. The minimum absolute atomic E-state index is 0.280. The van der Waals surface area contributed by atoms with Gasteiger partial charge in [-0.05, 0) is 11.6 Å². The monoisotopic (exact) mass is 210 g/mol. The lowest BCUT2D eigenvalue weighted by molar-refractivity contribution is -0.146. The number of rotatable bonds is 2. The van der Waals surface area contributed by atoms with Gasteiger partial charge in [0.25, 0.3) is 0 Å². The average molecular weight is 210 g/mol. The van der Waals surface area contributed by atoms with Crippen molar-refractivity contribution < 1.29 is 18.7 Å². The molecule has 0 aromatic heterocycles. The second kappa shape index (κ2) is 3.88. The highest BCUT2D eigenvalue weighted by atomic mass is 19.1. The van der Waals surface area contributed by atoms with E-state index in [1.54, 1.807) is 18.2 Å². The number of benzene rings is 1. The summed E-state index contributed by atoms with van der Waals surface area (Å²) < 4.78 is 23.1. The van der Waals surface area contributed by atoms with Gasteiger partial charge in [-0.3, -0.25) is 0 Å². The maximum Gasteiger partial charge on any atom is 0.345 e. The summed E-state index contributed by atoms with van der Waals surface area (Å²) in [5.74, 6) is -0.216. The zero-order valence-electron chi connectivity index (χ0n) is 8.33. The fourth-order valence-corrected chi connectivity index (χ4v) is 1.58. The summed E-state index contributed by atoms with van der Waals surface area (Å²) in [7, 11) is 1.17. The summed E-state index contributed by atoms with van der Waals surface area (Å²) in [5.41, 5.74) is 1.33. The van der Waals surface area contributed by atoms with E-state index in [-0.39, 0.29) is 5.56 Å². The topological polar surface area (TPSA) is 35.5 Å². The van der Waals surface area contributed by atoms with Crippen molar-refractivity contribution >= 4 is 5.97 Å². The Hall–Kier alpha value is -1.58. The molecule has 0 aliphatic carbocycles. The standard InChI is InChI=1S/C11H11FO3/c1-14-11(13)10(12)8-3-2-7-4-5-15-9(7)6-8/h2-3,6,10H,4-5H2,1H3. The molecule has 1 aromatic rings. The van der Waals surface area contributed by atoms with Crippen LogP contribution in [-0.4, -0.2) is 19.7 Å². The molecule has 0 N–H and O–H groups in total. The maximum absolute atomic E-state index is 13.5. The number of hydrogen-bond acceptors (Lipinski definition) is 3. The maximum atomic E-state index is 13.5. The molecule has 1 heterocycles. The lowest BCUT2D eigenvalue weighted by atomic mass is 10.1. The highest BCUT2D eigenvalue weighted by Gasteiger charge is 2.22. The first-order valence-electron chi connectivity index (χ1n) is 4.70. The Balaban J connectivity index is 2.26. The second-order valence-electron chi connectivity index (χ2n) is 3.35. The van der Waals surface area contributed by atoms with Crippen LogP contribution in [0.2, 0.25) is 0 Å². The van der Waals surface area contributed by atoms with Gasteiger partial charge in [-0.2, -0.15) is 0 Å². The highest BCUT2D eigenvalue weighted by molar-refractivity contribution is 5.76. The molecule has 0 saturated carbocycles. The van der Waals surface area contributed by atoms with E-state index in [9.17, 15) is 9.18 Å². The number of ether oxygens (including phenoxy) is 2. The Morgan fingerprint density at radius 2 is 2.40 bits per heavy atom. The van der Waals surface area contributed by atoms with Gasteiger partial charge in [-0.1, -0.05) is 12.1 Å². The molecule has 0 radical (unpaired) electrons. The van der Waals surface area contributed by atoms with Gasteiger partial charge in [-0.15, -0.1) is 0 Å². The van der Waals surface area contributed by atoms with Crippen LogP contribution in [0.1, 0.15) is 17.3 Å². The van der Waals surface area contributed by atoms with Crippen molar-refractivity contribution in [3.05, 3.63) is 29.3 Å². The second-order valence-corrected chi connectivity index (χ2v) is 3.35. The predicted molar refractivity (Wildman–Crippen MR) is 51.5 cm³/mol. The van der Waals surface area contributed by atoms with E-state index < -0.39 is 12.1 Å². The molecule has 0 fully saturated rings. The fraction of sp³-hybridized carbons (Fsp3) is 0.364. The lowest BCUT2D eigenvalue weighted by Gasteiger charge is -2.07. The summed E-state index contributed by atoms with van der Waals surface area (Å²) in [6.07, 6.45) is -0.894. The average Bonchev–Trinajstić information content (AvgIpc) is 2.73. The minimum Gasteiger partial charge on any atom is -0.493 e. The molecule has 1 aliphatic rings. The van der Waals surface area contributed by atoms with E-state index in [1.807, 2.05) is 0 Å². The number of alkyl halides is 1. The summed E-state index contributed by atoms with van der Waals surface area (Å²) >= 11 is 0. The predicted octanol–water partition coefficient (Wildman–Crippen LogP) is 1.81. The highest BCUT2D eigenvalue weighted by Crippen LogP contribution is 2.30. The SMILES string of the molecule is COC(=O)C(F)c1ccc2c(c1)OCC2. The van der Waals surface area contributed by atoms with Gasteiger partial charge in [0, 0.05) is 12.0 Å². The zero-order valence-corrected chi connectivity index (χ0v) is 8.33. The number of fused-ring (bicyclic) bond motifs is 1. The van der Waals surface area contributed by atoms with Gasteiger partial charge in [0.05, 0.1) is 13.7 Å². The Morgan fingerprint density at radius 1 is 1.60 bits per heavy atom. The van der Waals surface area contributed by atoms with E-state index in [2.05, 4.69) is 4.74 Å². The summed E-state index contributed by atoms with van der Waals surface area (Å²) in [5, 5.41) is 0. The molecule has 0 amide bonds. The van der Waals surface area contributed by atoms with E-state index in [4.69, 9.17) is 4.74 Å². The van der Waals surface area contributed by atoms with Crippen molar-refractivity contribution in [2.45, 2.75) is 12.6 Å². The molecule has 1 unspecified atom stereocenters. The molecule has 0 spiro atoms. The first-order valence-corrected chi connectivity index (χ1v) is 4.70. The minimum atomic E-state index is -1.73. The van der Waals surface area contributed by atoms with Crippen LogP contribution >= 0.6 is 0 Å². The van der Waals surface area contributed by atoms with Crippen LogP contribution in [0.15, 0.2) is 18.2 Å². The number of hydrogen-bond donors (Lipinski definition) is 0. The van der Waals surface area contributed by atoms with Crippen molar-refractivity contribution in [2.75, 3.05) is 13.7 Å². The number of esters is 1. The zero-order chi connectivity index (χ0) is 10.8. The molecule has 15 heavy (non-hydrogen) atoms. The van der Waals surface area contributed by atoms with Crippen LogP contribution in [0.4, 0.5) is 4.39 Å². The summed E-state index contributed by atoms with van der Waals surface area (Å²) in [4.78, 5) is 11.0. The van der Waals surface area contributed by atoms with Crippen LogP contribution in [0.25, 0.3) is 0 Å². The molecular formula is C11H11FO3. The van der Waals surface area contributed by atoms with Gasteiger partial charge < -0.3 is 9.47 Å². The van der Waals surface area contributed by atoms with E-state index in [0.29, 0.717) is 12.4 Å². The van der Waals surface area contributed by atoms with Crippen molar-refractivity contribution in [3.63, 3.8) is 0 Å². The van der Waals surface area contributed by atoms with Gasteiger partial charge in [-0.25, -0.2) is 9.18 Å². The Labute approximate surface area is 86.8 Å². The number of carbonyl (C=O) groups excluding carboxylic acids is 1. The third kappa shape index (κ3) is 1.79. The Morgan fingerprint density at radius 3 is 3.13 bits per heavy atom. The Kier molecular flexibility index (Phi) is 2.58. The fourth-order valence-electron chi connectivity index (χ4n) is 1.58. The van der Waals surface area contributed by atoms with Crippen molar-refractivity contribution in [3.8, 4) is 5.75 Å². The molecule has 80 valence electrons. The molecule has 1 atom stereocenters. The van der Waals surface area contributed by atoms with Crippen molar-refractivity contribution in [2.24, 2.45) is 0 Å². The molecule has 0 bridgehead atoms. The quantitative estimate of drug-likeness (QED) is 0.698. The lowest BCUT2D eigenvalue weighted by Crippen LogP contribution is -2.09. The normalized spacial score (nSPS) is 15.3. The van der Waals surface area contributed by atoms with Crippen LogP contribution in [0, 0.1) is 0 Å². The molecule has 1 aromatic carbocycles. The number of methoxy groups -OCH3 is 1. The van der Waals surface area contributed by atoms with Gasteiger partial charge in [0.1, 0.15) is 5.75 Å². The molecule has 4 heteroatoms. The third-order valence-corrected chi connectivity index (χ3v) is 2.42. The number of halogens is 1. The van der Waals surface area contributed by atoms with E-state index >= 15 is 0 Å². The smallest absolute Gasteiger partial charge is 0.345 e. The molecule has 0 saturated heterocycles. The molecule has 1 aliphatic heterocycles. The van der Waals surface area contributed by atoms with Crippen LogP contribution in [0.5, 0.6) is 5.75 Å². The molecule has 2 rings (SSSR count). The van der Waals surface area contributed by atoms with Crippen molar-refractivity contribution in [1.82, 2.24) is 0 Å². The van der Waals surface area contributed by atoms with Crippen LogP contribution < -0.4 is 4.74 Å². The van der Waals surface area contributed by atoms with Gasteiger partial charge >= 0.3 is 5.97 Å². The van der Waals surface area contributed by atoms with E-state index in [0.717, 1.165) is 12.0 Å². The molecular weight excluding hydrogens is 199 g/mol. The van der Waals surface area contributed by atoms with Crippen molar-refractivity contribution in [1.29, 1.82) is 0 Å². The Bertz CT molecular complexity index is 389. The van der Waals surface area contributed by atoms with Gasteiger partial charge in [0.2, 0.25) is 6.17 Å². The first-order chi connectivity index (χ1) is 7.22. The molecule has 3 nitrogen and oxygen atoms in total. The van der Waals surface area contributed by atoms with E-state index in [1.165, 1.54) is 7.11 Å². The van der Waals surface area contributed by atoms with Crippen LogP contribution in [-0.2, 0) is 16.0 Å². The van der Waals surface area contributed by atoms with Crippen LogP contribution in [0.3, 0.4) is 0 Å². The first kappa shape index (κ1) is 9.96. The summed E-state index contributed by atoms with van der Waals surface area (Å²) in [6, 6.07) is 4.94.